The van der Waals surface area contributed by atoms with Gasteiger partial charge in [0.2, 0.25) is 5.91 Å². The number of hydrogen-bond acceptors (Lipinski definition) is 3. The number of para-hydroxylation sites is 1. The molecule has 0 spiro atoms. The van der Waals surface area contributed by atoms with Gasteiger partial charge < -0.3 is 14.6 Å². The molecule has 0 atom stereocenters. The van der Waals surface area contributed by atoms with Crippen molar-refractivity contribution in [1.82, 2.24) is 9.55 Å². The Hall–Kier alpha value is -3.08. The van der Waals surface area contributed by atoms with Crippen molar-refractivity contribution in [2.45, 2.75) is 38.6 Å². The second-order valence-corrected chi connectivity index (χ2v) is 7.07. The molecule has 1 aliphatic rings. The minimum Gasteiger partial charge on any atom is -0.494 e. The Balaban J connectivity index is 1.27. The number of rotatable bonds is 7. The summed E-state index contributed by atoms with van der Waals surface area (Å²) >= 11 is 0. The van der Waals surface area contributed by atoms with Crippen molar-refractivity contribution in [2.24, 2.45) is 0 Å². The van der Waals surface area contributed by atoms with Gasteiger partial charge in [0.25, 0.3) is 0 Å². The average Bonchev–Trinajstić information content (AvgIpc) is 3.17. The summed E-state index contributed by atoms with van der Waals surface area (Å²) in [5, 5.41) is 2.95. The lowest BCUT2D eigenvalue weighted by atomic mass is 10.1. The molecule has 3 aromatic rings. The van der Waals surface area contributed by atoms with E-state index in [4.69, 9.17) is 4.74 Å². The van der Waals surface area contributed by atoms with Gasteiger partial charge >= 0.3 is 0 Å². The van der Waals surface area contributed by atoms with Crippen molar-refractivity contribution in [3.8, 4) is 17.1 Å². The summed E-state index contributed by atoms with van der Waals surface area (Å²) in [5.74, 6) is 1.85. The van der Waals surface area contributed by atoms with Gasteiger partial charge in [-0.3, -0.25) is 4.79 Å². The van der Waals surface area contributed by atoms with Crippen LogP contribution < -0.4 is 10.1 Å². The fourth-order valence-corrected chi connectivity index (χ4v) is 3.53. The molecule has 1 amide bonds. The summed E-state index contributed by atoms with van der Waals surface area (Å²) in [6, 6.07) is 17.6. The molecule has 1 aliphatic heterocycles. The van der Waals surface area contributed by atoms with Crippen LogP contribution in [0.2, 0.25) is 0 Å². The Morgan fingerprint density at radius 3 is 2.71 bits per heavy atom. The first-order valence-corrected chi connectivity index (χ1v) is 9.92. The molecule has 0 radical (unpaired) electrons. The monoisotopic (exact) mass is 375 g/mol. The van der Waals surface area contributed by atoms with Crippen LogP contribution in [0.5, 0.6) is 5.75 Å². The Labute approximate surface area is 165 Å². The number of nitrogens with one attached hydrogen (secondary N) is 1. The van der Waals surface area contributed by atoms with E-state index in [-0.39, 0.29) is 5.91 Å². The maximum atomic E-state index is 12.1. The number of aromatic nitrogens is 2. The fraction of sp³-hybridized carbons (Fsp3) is 0.304. The second-order valence-electron chi connectivity index (χ2n) is 7.07. The van der Waals surface area contributed by atoms with Crippen LogP contribution >= 0.6 is 0 Å². The van der Waals surface area contributed by atoms with E-state index in [9.17, 15) is 4.79 Å². The summed E-state index contributed by atoms with van der Waals surface area (Å²) in [4.78, 5) is 16.7. The maximum absolute atomic E-state index is 12.1. The number of fused-ring (bicyclic) bond motifs is 1. The third-order valence-electron chi connectivity index (χ3n) is 4.99. The van der Waals surface area contributed by atoms with Crippen molar-refractivity contribution < 1.29 is 9.53 Å². The lowest BCUT2D eigenvalue weighted by Gasteiger charge is -2.16. The van der Waals surface area contributed by atoms with Crippen molar-refractivity contribution in [2.75, 3.05) is 11.9 Å². The Morgan fingerprint density at radius 2 is 1.89 bits per heavy atom. The normalized spacial score (nSPS) is 13.0. The van der Waals surface area contributed by atoms with E-state index >= 15 is 0 Å². The third-order valence-corrected chi connectivity index (χ3v) is 4.99. The molecule has 0 saturated heterocycles. The Bertz CT molecular complexity index is 917. The average molecular weight is 375 g/mol. The van der Waals surface area contributed by atoms with E-state index in [1.807, 2.05) is 60.8 Å². The number of ether oxygens (including phenoxy) is 1. The van der Waals surface area contributed by atoms with Gasteiger partial charge in [-0.25, -0.2) is 4.98 Å². The predicted octanol–water partition coefficient (Wildman–Crippen LogP) is 4.68. The molecule has 1 N–H and O–H groups in total. The number of imidazole rings is 1. The van der Waals surface area contributed by atoms with Crippen molar-refractivity contribution in [3.05, 3.63) is 66.5 Å². The molecule has 5 heteroatoms. The number of carbonyl (C=O) groups is 1. The first-order chi connectivity index (χ1) is 13.8. The molecule has 144 valence electrons. The molecule has 0 bridgehead atoms. The molecule has 0 fully saturated rings. The van der Waals surface area contributed by atoms with Gasteiger partial charge in [0.05, 0.1) is 6.61 Å². The van der Waals surface area contributed by atoms with Gasteiger partial charge in [0.1, 0.15) is 11.6 Å². The van der Waals surface area contributed by atoms with E-state index in [1.165, 1.54) is 18.5 Å². The number of aryl methyl sites for hydroxylation is 1. The number of anilines is 1. The van der Waals surface area contributed by atoms with Crippen molar-refractivity contribution in [3.63, 3.8) is 0 Å². The van der Waals surface area contributed by atoms with Crippen LogP contribution in [0.4, 0.5) is 5.69 Å². The maximum Gasteiger partial charge on any atom is 0.224 e. The zero-order valence-corrected chi connectivity index (χ0v) is 15.9. The van der Waals surface area contributed by atoms with Crippen LogP contribution in [0.1, 0.15) is 31.4 Å². The van der Waals surface area contributed by atoms with E-state index in [0.29, 0.717) is 19.4 Å². The number of benzene rings is 2. The molecule has 2 aromatic carbocycles. The van der Waals surface area contributed by atoms with Crippen molar-refractivity contribution >= 4 is 11.6 Å². The first-order valence-electron chi connectivity index (χ1n) is 9.92. The van der Waals surface area contributed by atoms with Crippen LogP contribution in [-0.4, -0.2) is 22.1 Å². The van der Waals surface area contributed by atoms with Gasteiger partial charge in [-0.15, -0.1) is 0 Å². The Kier molecular flexibility index (Phi) is 5.71. The highest BCUT2D eigenvalue weighted by molar-refractivity contribution is 5.90. The number of carbonyl (C=O) groups excluding carboxylic acids is 1. The molecule has 1 aromatic heterocycles. The molecular formula is C23H25N3O2. The smallest absolute Gasteiger partial charge is 0.224 e. The van der Waals surface area contributed by atoms with Crippen LogP contribution in [0, 0.1) is 0 Å². The molecule has 5 nitrogen and oxygen atoms in total. The SMILES string of the molecule is O=C(CCCOc1ccccc1)Nc1ccc(-c2ncc3n2CCCC3)cc1. The summed E-state index contributed by atoms with van der Waals surface area (Å²) in [6.45, 7) is 1.57. The van der Waals surface area contributed by atoms with Crippen LogP contribution in [0.15, 0.2) is 60.8 Å². The quantitative estimate of drug-likeness (QED) is 0.610. The van der Waals surface area contributed by atoms with Crippen molar-refractivity contribution in [1.29, 1.82) is 0 Å². The summed E-state index contributed by atoms with van der Waals surface area (Å²) < 4.78 is 7.93. The van der Waals surface area contributed by atoms with Gasteiger partial charge in [-0.1, -0.05) is 18.2 Å². The third kappa shape index (κ3) is 4.42. The van der Waals surface area contributed by atoms with E-state index in [0.717, 1.165) is 35.8 Å². The minimum atomic E-state index is 0.00241. The van der Waals surface area contributed by atoms with E-state index < -0.39 is 0 Å². The zero-order chi connectivity index (χ0) is 19.2. The minimum absolute atomic E-state index is 0.00241. The van der Waals surface area contributed by atoms with Crippen LogP contribution in [-0.2, 0) is 17.8 Å². The second kappa shape index (κ2) is 8.74. The van der Waals surface area contributed by atoms with Crippen LogP contribution in [0.3, 0.4) is 0 Å². The van der Waals surface area contributed by atoms with E-state index in [1.54, 1.807) is 0 Å². The summed E-state index contributed by atoms with van der Waals surface area (Å²) in [6.07, 6.45) is 6.66. The highest BCUT2D eigenvalue weighted by Crippen LogP contribution is 2.25. The molecule has 4 rings (SSSR count). The Morgan fingerprint density at radius 1 is 1.07 bits per heavy atom. The fourth-order valence-electron chi connectivity index (χ4n) is 3.53. The first kappa shape index (κ1) is 18.3. The van der Waals surface area contributed by atoms with Gasteiger partial charge in [-0.05, 0) is 62.1 Å². The number of hydrogen-bond donors (Lipinski definition) is 1. The zero-order valence-electron chi connectivity index (χ0n) is 15.9. The summed E-state index contributed by atoms with van der Waals surface area (Å²) in [7, 11) is 0. The van der Waals surface area contributed by atoms with Gasteiger partial charge in [-0.2, -0.15) is 0 Å². The molecular weight excluding hydrogens is 350 g/mol. The molecule has 0 saturated carbocycles. The highest BCUT2D eigenvalue weighted by atomic mass is 16.5. The molecule has 2 heterocycles. The number of nitrogens with zero attached hydrogens (tertiary/aromatic N) is 2. The van der Waals surface area contributed by atoms with Gasteiger partial charge in [0, 0.05) is 36.1 Å². The lowest BCUT2D eigenvalue weighted by Crippen LogP contribution is -2.13. The topological polar surface area (TPSA) is 56.1 Å². The van der Waals surface area contributed by atoms with Gasteiger partial charge in [0.15, 0.2) is 0 Å². The largest absolute Gasteiger partial charge is 0.494 e. The summed E-state index contributed by atoms with van der Waals surface area (Å²) in [5.41, 5.74) is 3.21. The predicted molar refractivity (Wildman–Crippen MR) is 110 cm³/mol. The lowest BCUT2D eigenvalue weighted by molar-refractivity contribution is -0.116. The van der Waals surface area contributed by atoms with E-state index in [2.05, 4.69) is 14.9 Å². The molecule has 28 heavy (non-hydrogen) atoms. The highest BCUT2D eigenvalue weighted by Gasteiger charge is 2.15. The molecule has 0 unspecified atom stereocenters. The standard InChI is InChI=1S/C23H25N3O2/c27-22(10-6-16-28-21-8-2-1-3-9-21)25-19-13-11-18(12-14-19)23-24-17-20-7-4-5-15-26(20)23/h1-3,8-9,11-14,17H,4-7,10,15-16H2,(H,25,27). The van der Waals surface area contributed by atoms with Crippen LogP contribution in [0.25, 0.3) is 11.4 Å². The molecule has 0 aliphatic carbocycles. The number of amides is 1.